The van der Waals surface area contributed by atoms with Crippen molar-refractivity contribution in [3.8, 4) is 0 Å². The molecule has 1 aromatic rings. The fraction of sp³-hybridized carbons (Fsp3) is 0.286. The van der Waals surface area contributed by atoms with Gasteiger partial charge in [0.25, 0.3) is 0 Å². The van der Waals surface area contributed by atoms with Gasteiger partial charge in [0.15, 0.2) is 0 Å². The molecule has 0 spiro atoms. The van der Waals surface area contributed by atoms with E-state index < -0.39 is 12.1 Å². The normalized spacial score (nSPS) is 10.7. The van der Waals surface area contributed by atoms with Gasteiger partial charge in [-0.1, -0.05) is 26.0 Å². The Bertz CT molecular complexity index is 463. The van der Waals surface area contributed by atoms with E-state index in [-0.39, 0.29) is 5.92 Å². The van der Waals surface area contributed by atoms with Gasteiger partial charge in [-0.15, -0.1) is 0 Å². The zero-order chi connectivity index (χ0) is 14.3. The van der Waals surface area contributed by atoms with Gasteiger partial charge in [-0.2, -0.15) is 0 Å². The molecule has 102 valence electrons. The van der Waals surface area contributed by atoms with E-state index in [0.29, 0.717) is 12.3 Å². The number of aliphatic carboxylic acids is 1. The molecule has 0 aliphatic rings. The third-order valence-electron chi connectivity index (χ3n) is 2.12. The summed E-state index contributed by atoms with van der Waals surface area (Å²) in [4.78, 5) is 21.7. The summed E-state index contributed by atoms with van der Waals surface area (Å²) in [6.07, 6.45) is 2.03. The zero-order valence-corrected chi connectivity index (χ0v) is 10.9. The van der Waals surface area contributed by atoms with Crippen molar-refractivity contribution in [3.05, 3.63) is 35.9 Å². The first-order valence-electron chi connectivity index (χ1n) is 5.92. The molecule has 0 saturated heterocycles. The lowest BCUT2D eigenvalue weighted by atomic mass is 10.2. The number of amides is 1. The van der Waals surface area contributed by atoms with Gasteiger partial charge >= 0.3 is 12.1 Å². The lowest BCUT2D eigenvalue weighted by molar-refractivity contribution is -0.131. The van der Waals surface area contributed by atoms with Crippen LogP contribution >= 0.6 is 0 Å². The Hall–Kier alpha value is -2.30. The molecule has 0 radical (unpaired) electrons. The molecule has 0 aliphatic carbocycles. The van der Waals surface area contributed by atoms with E-state index in [1.165, 1.54) is 6.08 Å². The van der Waals surface area contributed by atoms with Crippen molar-refractivity contribution in [2.24, 2.45) is 5.92 Å². The summed E-state index contributed by atoms with van der Waals surface area (Å²) in [5.41, 5.74) is 1.34. The molecule has 0 aromatic heterocycles. The summed E-state index contributed by atoms with van der Waals surface area (Å²) in [6.45, 7) is 4.28. The van der Waals surface area contributed by atoms with Crippen LogP contribution in [0.4, 0.5) is 10.5 Å². The lowest BCUT2D eigenvalue weighted by Crippen LogP contribution is -2.16. The first-order valence-corrected chi connectivity index (χ1v) is 5.92. The highest BCUT2D eigenvalue weighted by Crippen LogP contribution is 2.11. The fourth-order valence-electron chi connectivity index (χ4n) is 1.24. The number of hydrogen-bond acceptors (Lipinski definition) is 3. The van der Waals surface area contributed by atoms with E-state index >= 15 is 0 Å². The first kappa shape index (κ1) is 14.8. The smallest absolute Gasteiger partial charge is 0.411 e. The topological polar surface area (TPSA) is 75.6 Å². The van der Waals surface area contributed by atoms with Crippen LogP contribution in [-0.4, -0.2) is 23.8 Å². The predicted molar refractivity (Wildman–Crippen MR) is 72.9 cm³/mol. The second-order valence-electron chi connectivity index (χ2n) is 4.41. The molecule has 0 bridgehead atoms. The van der Waals surface area contributed by atoms with E-state index in [1.54, 1.807) is 24.3 Å². The average Bonchev–Trinajstić information content (AvgIpc) is 2.35. The van der Waals surface area contributed by atoms with Crippen LogP contribution < -0.4 is 5.32 Å². The van der Waals surface area contributed by atoms with Gasteiger partial charge in [-0.25, -0.2) is 9.59 Å². The molecule has 0 heterocycles. The summed E-state index contributed by atoms with van der Waals surface area (Å²) in [5, 5.41) is 11.1. The van der Waals surface area contributed by atoms with E-state index in [4.69, 9.17) is 9.84 Å². The number of carboxylic acids is 1. The lowest BCUT2D eigenvalue weighted by Gasteiger charge is -2.08. The van der Waals surface area contributed by atoms with Crippen LogP contribution in [0.2, 0.25) is 0 Å². The van der Waals surface area contributed by atoms with Crippen LogP contribution in [0.5, 0.6) is 0 Å². The second kappa shape index (κ2) is 7.20. The summed E-state index contributed by atoms with van der Waals surface area (Å²) >= 11 is 0. The van der Waals surface area contributed by atoms with E-state index in [0.717, 1.165) is 11.6 Å². The number of carboxylic acid groups (broad SMARTS) is 1. The van der Waals surface area contributed by atoms with Gasteiger partial charge in [0.1, 0.15) is 0 Å². The van der Waals surface area contributed by atoms with Crippen molar-refractivity contribution in [2.45, 2.75) is 13.8 Å². The Balaban J connectivity index is 2.52. The SMILES string of the molecule is CC(C)COC(=O)Nc1ccc(/C=C/C(=O)O)cc1. The first-order chi connectivity index (χ1) is 8.97. The number of anilines is 1. The molecule has 5 nitrogen and oxygen atoms in total. The highest BCUT2D eigenvalue weighted by atomic mass is 16.5. The summed E-state index contributed by atoms with van der Waals surface area (Å²) in [7, 11) is 0. The average molecular weight is 263 g/mol. The largest absolute Gasteiger partial charge is 0.478 e. The Kier molecular flexibility index (Phi) is 5.60. The van der Waals surface area contributed by atoms with Crippen molar-refractivity contribution in [2.75, 3.05) is 11.9 Å². The number of benzene rings is 1. The minimum Gasteiger partial charge on any atom is -0.478 e. The van der Waals surface area contributed by atoms with Gasteiger partial charge in [0.05, 0.1) is 6.61 Å². The Morgan fingerprint density at radius 2 is 1.95 bits per heavy atom. The molecule has 0 aliphatic heterocycles. The molecule has 1 aromatic carbocycles. The van der Waals surface area contributed by atoms with E-state index in [1.807, 2.05) is 13.8 Å². The molecule has 1 rings (SSSR count). The number of hydrogen-bond donors (Lipinski definition) is 2. The monoisotopic (exact) mass is 263 g/mol. The summed E-state index contributed by atoms with van der Waals surface area (Å²) < 4.78 is 4.97. The van der Waals surface area contributed by atoms with Crippen LogP contribution in [-0.2, 0) is 9.53 Å². The van der Waals surface area contributed by atoms with Gasteiger partial charge < -0.3 is 9.84 Å². The Morgan fingerprint density at radius 1 is 1.32 bits per heavy atom. The van der Waals surface area contributed by atoms with Crippen molar-refractivity contribution < 1.29 is 19.4 Å². The van der Waals surface area contributed by atoms with Crippen molar-refractivity contribution in [1.29, 1.82) is 0 Å². The number of rotatable bonds is 5. The third-order valence-corrected chi connectivity index (χ3v) is 2.12. The molecule has 5 heteroatoms. The number of ether oxygens (including phenoxy) is 1. The summed E-state index contributed by atoms with van der Waals surface area (Å²) in [5.74, 6) is -0.714. The molecule has 0 fully saturated rings. The zero-order valence-electron chi connectivity index (χ0n) is 10.9. The van der Waals surface area contributed by atoms with Gasteiger partial charge in [-0.05, 0) is 29.7 Å². The maximum atomic E-state index is 11.4. The highest BCUT2D eigenvalue weighted by Gasteiger charge is 2.04. The van der Waals surface area contributed by atoms with Gasteiger partial charge in [0.2, 0.25) is 0 Å². The summed E-state index contributed by atoms with van der Waals surface area (Å²) in [6, 6.07) is 6.77. The Morgan fingerprint density at radius 3 is 2.47 bits per heavy atom. The number of nitrogens with one attached hydrogen (secondary N) is 1. The fourth-order valence-corrected chi connectivity index (χ4v) is 1.24. The molecule has 0 saturated carbocycles. The van der Waals surface area contributed by atoms with Crippen LogP contribution in [0, 0.1) is 5.92 Å². The molecule has 0 atom stereocenters. The van der Waals surface area contributed by atoms with Gasteiger partial charge in [0, 0.05) is 11.8 Å². The number of carbonyl (C=O) groups excluding carboxylic acids is 1. The minimum absolute atomic E-state index is 0.286. The van der Waals surface area contributed by atoms with Crippen LogP contribution in [0.3, 0.4) is 0 Å². The van der Waals surface area contributed by atoms with E-state index in [2.05, 4.69) is 5.32 Å². The molecular formula is C14H17NO4. The second-order valence-corrected chi connectivity index (χ2v) is 4.41. The van der Waals surface area contributed by atoms with Crippen LogP contribution in [0.15, 0.2) is 30.3 Å². The van der Waals surface area contributed by atoms with Gasteiger partial charge in [-0.3, -0.25) is 5.32 Å². The van der Waals surface area contributed by atoms with E-state index in [9.17, 15) is 9.59 Å². The quantitative estimate of drug-likeness (QED) is 0.801. The molecule has 0 unspecified atom stereocenters. The molecule has 19 heavy (non-hydrogen) atoms. The maximum Gasteiger partial charge on any atom is 0.411 e. The minimum atomic E-state index is -1.00. The van der Waals surface area contributed by atoms with Crippen LogP contribution in [0.25, 0.3) is 6.08 Å². The standard InChI is InChI=1S/C14H17NO4/c1-10(2)9-19-14(18)15-12-6-3-11(4-7-12)5-8-13(16)17/h3-8,10H,9H2,1-2H3,(H,15,18)(H,16,17)/b8-5+. The predicted octanol–water partition coefficient (Wildman–Crippen LogP) is 2.99. The maximum absolute atomic E-state index is 11.4. The van der Waals surface area contributed by atoms with Crippen molar-refractivity contribution >= 4 is 23.8 Å². The third kappa shape index (κ3) is 6.26. The Labute approximate surface area is 111 Å². The highest BCUT2D eigenvalue weighted by molar-refractivity contribution is 5.86. The molecule has 1 amide bonds. The molecular weight excluding hydrogens is 246 g/mol. The van der Waals surface area contributed by atoms with Crippen LogP contribution in [0.1, 0.15) is 19.4 Å². The number of carbonyl (C=O) groups is 2. The molecule has 2 N–H and O–H groups in total. The van der Waals surface area contributed by atoms with Crippen molar-refractivity contribution in [1.82, 2.24) is 0 Å². The van der Waals surface area contributed by atoms with Crippen molar-refractivity contribution in [3.63, 3.8) is 0 Å².